The van der Waals surface area contributed by atoms with E-state index < -0.39 is 0 Å². The molecule has 3 nitrogen and oxygen atoms in total. The van der Waals surface area contributed by atoms with Crippen LogP contribution in [0.1, 0.15) is 39.0 Å². The molecule has 0 bridgehead atoms. The quantitative estimate of drug-likeness (QED) is 0.734. The van der Waals surface area contributed by atoms with E-state index in [4.69, 9.17) is 0 Å². The second kappa shape index (κ2) is 7.34. The van der Waals surface area contributed by atoms with Crippen molar-refractivity contribution < 1.29 is 0 Å². The first-order valence-corrected chi connectivity index (χ1v) is 7.57. The maximum atomic E-state index is 3.46. The van der Waals surface area contributed by atoms with Gasteiger partial charge in [0.05, 0.1) is 0 Å². The van der Waals surface area contributed by atoms with Crippen molar-refractivity contribution in [2.24, 2.45) is 0 Å². The lowest BCUT2D eigenvalue weighted by Gasteiger charge is -2.40. The molecule has 0 aliphatic carbocycles. The summed E-state index contributed by atoms with van der Waals surface area (Å²) in [6.45, 7) is 11.3. The Bertz CT molecular complexity index is 194. The van der Waals surface area contributed by atoms with Crippen LogP contribution in [0.3, 0.4) is 0 Å². The molecule has 0 aromatic carbocycles. The van der Waals surface area contributed by atoms with E-state index >= 15 is 0 Å². The topological polar surface area (TPSA) is 18.5 Å². The molecule has 2 aliphatic rings. The van der Waals surface area contributed by atoms with Crippen LogP contribution in [0, 0.1) is 0 Å². The van der Waals surface area contributed by atoms with Crippen molar-refractivity contribution in [3.05, 3.63) is 0 Å². The Morgan fingerprint density at radius 1 is 1.00 bits per heavy atom. The van der Waals surface area contributed by atoms with Crippen molar-refractivity contribution in [1.29, 1.82) is 0 Å². The third-order valence-electron chi connectivity index (χ3n) is 4.31. The van der Waals surface area contributed by atoms with Crippen LogP contribution in [0.4, 0.5) is 0 Å². The summed E-state index contributed by atoms with van der Waals surface area (Å²) in [5, 5.41) is 3.46. The fourth-order valence-corrected chi connectivity index (χ4v) is 3.11. The Hall–Kier alpha value is -0.120. The Balaban J connectivity index is 1.63. The van der Waals surface area contributed by atoms with Gasteiger partial charge < -0.3 is 10.2 Å². The molecule has 2 aliphatic heterocycles. The maximum Gasteiger partial charge on any atom is 0.0120 e. The smallest absolute Gasteiger partial charge is 0.0120 e. The van der Waals surface area contributed by atoms with Crippen LogP contribution in [0.25, 0.3) is 0 Å². The zero-order valence-electron chi connectivity index (χ0n) is 11.5. The predicted octanol–water partition coefficient (Wildman–Crippen LogP) is 1.55. The summed E-state index contributed by atoms with van der Waals surface area (Å²) in [6, 6.07) is 0.869. The molecule has 0 aromatic heterocycles. The summed E-state index contributed by atoms with van der Waals surface area (Å²) in [7, 11) is 0. The lowest BCUT2D eigenvalue weighted by Crippen LogP contribution is -2.52. The van der Waals surface area contributed by atoms with Gasteiger partial charge in [-0.05, 0) is 38.9 Å². The molecule has 3 heteroatoms. The third kappa shape index (κ3) is 4.23. The zero-order chi connectivity index (χ0) is 11.9. The van der Waals surface area contributed by atoms with Gasteiger partial charge in [-0.2, -0.15) is 0 Å². The number of piperidine rings is 1. The molecule has 17 heavy (non-hydrogen) atoms. The lowest BCUT2D eigenvalue weighted by atomic mass is 10.0. The number of rotatable bonds is 5. The maximum absolute atomic E-state index is 3.46. The van der Waals surface area contributed by atoms with Gasteiger partial charge in [0.1, 0.15) is 0 Å². The van der Waals surface area contributed by atoms with Crippen molar-refractivity contribution in [3.63, 3.8) is 0 Å². The average Bonchev–Trinajstić information content (AvgIpc) is 2.41. The Kier molecular flexibility index (Phi) is 5.75. The number of piperazine rings is 1. The predicted molar refractivity (Wildman–Crippen MR) is 73.4 cm³/mol. The average molecular weight is 239 g/mol. The van der Waals surface area contributed by atoms with Crippen molar-refractivity contribution in [3.8, 4) is 0 Å². The fraction of sp³-hybridized carbons (Fsp3) is 1.00. The van der Waals surface area contributed by atoms with Crippen LogP contribution < -0.4 is 5.32 Å². The minimum absolute atomic E-state index is 0.869. The highest BCUT2D eigenvalue weighted by atomic mass is 15.3. The van der Waals surface area contributed by atoms with E-state index in [1.54, 1.807) is 0 Å². The Labute approximate surface area is 107 Å². The second-order valence-corrected chi connectivity index (χ2v) is 5.57. The summed E-state index contributed by atoms with van der Waals surface area (Å²) in [4.78, 5) is 5.39. The molecule has 0 unspecified atom stereocenters. The first-order chi connectivity index (χ1) is 8.40. The summed E-state index contributed by atoms with van der Waals surface area (Å²) in [6.07, 6.45) is 6.85. The molecule has 0 atom stereocenters. The van der Waals surface area contributed by atoms with Gasteiger partial charge in [0, 0.05) is 32.2 Å². The SMILES string of the molecule is CCCCCN1CCN(C2CCNCC2)CC1. The zero-order valence-corrected chi connectivity index (χ0v) is 11.5. The normalized spacial score (nSPS) is 25.2. The van der Waals surface area contributed by atoms with Crippen molar-refractivity contribution in [1.82, 2.24) is 15.1 Å². The lowest BCUT2D eigenvalue weighted by molar-refractivity contribution is 0.0812. The molecule has 0 radical (unpaired) electrons. The molecule has 100 valence electrons. The van der Waals surface area contributed by atoms with Gasteiger partial charge >= 0.3 is 0 Å². The molecule has 0 saturated carbocycles. The molecule has 0 spiro atoms. The molecule has 2 fully saturated rings. The van der Waals surface area contributed by atoms with E-state index in [1.807, 2.05) is 0 Å². The summed E-state index contributed by atoms with van der Waals surface area (Å²) in [5.41, 5.74) is 0. The van der Waals surface area contributed by atoms with Gasteiger partial charge in [-0.3, -0.25) is 4.90 Å². The molecule has 0 amide bonds. The minimum atomic E-state index is 0.869. The number of unbranched alkanes of at least 4 members (excludes halogenated alkanes) is 2. The molecule has 0 aromatic rings. The first kappa shape index (κ1) is 13.3. The van der Waals surface area contributed by atoms with Crippen molar-refractivity contribution in [2.75, 3.05) is 45.8 Å². The Morgan fingerprint density at radius 2 is 1.71 bits per heavy atom. The molecule has 2 saturated heterocycles. The van der Waals surface area contributed by atoms with E-state index in [9.17, 15) is 0 Å². The van der Waals surface area contributed by atoms with Crippen LogP contribution in [-0.2, 0) is 0 Å². The van der Waals surface area contributed by atoms with E-state index in [0.717, 1.165) is 6.04 Å². The molecule has 2 heterocycles. The van der Waals surface area contributed by atoms with Crippen LogP contribution in [-0.4, -0.2) is 61.7 Å². The number of nitrogens with zero attached hydrogens (tertiary/aromatic N) is 2. The summed E-state index contributed by atoms with van der Waals surface area (Å²) in [5.74, 6) is 0. The van der Waals surface area contributed by atoms with E-state index in [2.05, 4.69) is 22.0 Å². The number of hydrogen-bond acceptors (Lipinski definition) is 3. The third-order valence-corrected chi connectivity index (χ3v) is 4.31. The van der Waals surface area contributed by atoms with Crippen LogP contribution in [0.15, 0.2) is 0 Å². The molecule has 1 N–H and O–H groups in total. The standard InChI is InChI=1S/C14H29N3/c1-2-3-4-9-16-10-12-17(13-11-16)14-5-7-15-8-6-14/h14-15H,2-13H2,1H3. The summed E-state index contributed by atoms with van der Waals surface area (Å²) < 4.78 is 0. The highest BCUT2D eigenvalue weighted by Gasteiger charge is 2.24. The van der Waals surface area contributed by atoms with Gasteiger partial charge in [0.2, 0.25) is 0 Å². The summed E-state index contributed by atoms with van der Waals surface area (Å²) >= 11 is 0. The second-order valence-electron chi connectivity index (χ2n) is 5.57. The molecular formula is C14H29N3. The number of hydrogen-bond donors (Lipinski definition) is 1. The number of nitrogens with one attached hydrogen (secondary N) is 1. The first-order valence-electron chi connectivity index (χ1n) is 7.57. The monoisotopic (exact) mass is 239 g/mol. The van der Waals surface area contributed by atoms with Gasteiger partial charge in [-0.1, -0.05) is 19.8 Å². The van der Waals surface area contributed by atoms with Gasteiger partial charge in [-0.25, -0.2) is 0 Å². The highest BCUT2D eigenvalue weighted by Crippen LogP contribution is 2.14. The Morgan fingerprint density at radius 3 is 2.35 bits per heavy atom. The molecule has 2 rings (SSSR count). The van der Waals surface area contributed by atoms with Gasteiger partial charge in [0.15, 0.2) is 0 Å². The van der Waals surface area contributed by atoms with Crippen molar-refractivity contribution >= 4 is 0 Å². The fourth-order valence-electron chi connectivity index (χ4n) is 3.11. The van der Waals surface area contributed by atoms with Crippen molar-refractivity contribution in [2.45, 2.75) is 45.1 Å². The highest BCUT2D eigenvalue weighted by molar-refractivity contribution is 4.82. The van der Waals surface area contributed by atoms with Crippen LogP contribution >= 0.6 is 0 Å². The van der Waals surface area contributed by atoms with Gasteiger partial charge in [0.25, 0.3) is 0 Å². The van der Waals surface area contributed by atoms with Gasteiger partial charge in [-0.15, -0.1) is 0 Å². The minimum Gasteiger partial charge on any atom is -0.317 e. The van der Waals surface area contributed by atoms with Crippen LogP contribution in [0.5, 0.6) is 0 Å². The largest absolute Gasteiger partial charge is 0.317 e. The molecular weight excluding hydrogens is 210 g/mol. The van der Waals surface area contributed by atoms with Crippen LogP contribution in [0.2, 0.25) is 0 Å². The van der Waals surface area contributed by atoms with E-state index in [-0.39, 0.29) is 0 Å². The van der Waals surface area contributed by atoms with E-state index in [0.29, 0.717) is 0 Å². The van der Waals surface area contributed by atoms with E-state index in [1.165, 1.54) is 77.9 Å².